The van der Waals surface area contributed by atoms with E-state index < -0.39 is 0 Å². The van der Waals surface area contributed by atoms with E-state index in [4.69, 9.17) is 14.2 Å². The van der Waals surface area contributed by atoms with Crippen LogP contribution in [0.3, 0.4) is 0 Å². The van der Waals surface area contributed by atoms with Crippen LogP contribution in [0.4, 0.5) is 0 Å². The first-order valence-electron chi connectivity index (χ1n) is 11.0. The number of ether oxygens (including phenoxy) is 3. The molecule has 3 aliphatic rings. The smallest absolute Gasteiger partial charge is 0.122 e. The van der Waals surface area contributed by atoms with Crippen LogP contribution in [0.5, 0.6) is 11.5 Å². The minimum Gasteiger partial charge on any atom is -0.493 e. The van der Waals surface area contributed by atoms with E-state index in [0.29, 0.717) is 0 Å². The molecule has 0 amide bonds. The van der Waals surface area contributed by atoms with Crippen LogP contribution in [-0.2, 0) is 30.7 Å². The quantitative estimate of drug-likeness (QED) is 0.670. The number of hydrogen-bond donors (Lipinski definition) is 0. The van der Waals surface area contributed by atoms with Gasteiger partial charge in [0, 0.05) is 44.4 Å². The molecule has 0 N–H and O–H groups in total. The summed E-state index contributed by atoms with van der Waals surface area (Å²) in [4.78, 5) is 4.89. The van der Waals surface area contributed by atoms with Crippen molar-refractivity contribution in [2.24, 2.45) is 5.41 Å². The molecule has 0 spiro atoms. The molecule has 3 heterocycles. The predicted molar refractivity (Wildman–Crippen MR) is 117 cm³/mol. The minimum atomic E-state index is 0.211. The second-order valence-corrected chi connectivity index (χ2v) is 9.42. The number of nitrogens with zero attached hydrogens (tertiary/aromatic N) is 2. The SMILES string of the molecule is CN(Cc1ccc2c(c1)CCO2)CC1(CN(C)Cc2ccc3c(c2)CCO3)COC1. The largest absolute Gasteiger partial charge is 0.493 e. The van der Waals surface area contributed by atoms with E-state index >= 15 is 0 Å². The number of fused-ring (bicyclic) bond motifs is 2. The third-order valence-electron chi connectivity index (χ3n) is 6.44. The van der Waals surface area contributed by atoms with Crippen LogP contribution >= 0.6 is 0 Å². The zero-order chi connectivity index (χ0) is 20.6. The maximum Gasteiger partial charge on any atom is 0.122 e. The molecule has 0 saturated carbocycles. The molecule has 30 heavy (non-hydrogen) atoms. The van der Waals surface area contributed by atoms with Gasteiger partial charge in [-0.05, 0) is 48.5 Å². The Labute approximate surface area is 179 Å². The van der Waals surface area contributed by atoms with Gasteiger partial charge in [0.15, 0.2) is 0 Å². The van der Waals surface area contributed by atoms with Crippen LogP contribution in [0.15, 0.2) is 36.4 Å². The lowest BCUT2D eigenvalue weighted by Crippen LogP contribution is -2.55. The van der Waals surface area contributed by atoms with E-state index in [1.54, 1.807) is 0 Å². The molecule has 0 aliphatic carbocycles. The first-order valence-corrected chi connectivity index (χ1v) is 11.0. The summed E-state index contributed by atoms with van der Waals surface area (Å²) in [5, 5.41) is 0. The van der Waals surface area contributed by atoms with Crippen LogP contribution in [0.1, 0.15) is 22.3 Å². The lowest BCUT2D eigenvalue weighted by molar-refractivity contribution is -0.136. The van der Waals surface area contributed by atoms with Crippen LogP contribution in [0.25, 0.3) is 0 Å². The second-order valence-electron chi connectivity index (χ2n) is 9.42. The van der Waals surface area contributed by atoms with Gasteiger partial charge in [-0.1, -0.05) is 24.3 Å². The van der Waals surface area contributed by atoms with Gasteiger partial charge in [-0.25, -0.2) is 0 Å². The van der Waals surface area contributed by atoms with Crippen LogP contribution in [0.2, 0.25) is 0 Å². The van der Waals surface area contributed by atoms with Gasteiger partial charge in [0.2, 0.25) is 0 Å². The summed E-state index contributed by atoms with van der Waals surface area (Å²) in [6.07, 6.45) is 2.06. The van der Waals surface area contributed by atoms with Crippen LogP contribution in [-0.4, -0.2) is 63.4 Å². The number of rotatable bonds is 8. The summed E-state index contributed by atoms with van der Waals surface area (Å²) in [6, 6.07) is 13.3. The molecule has 1 saturated heterocycles. The monoisotopic (exact) mass is 408 g/mol. The molecule has 2 aromatic rings. The molecule has 3 aliphatic heterocycles. The molecule has 0 bridgehead atoms. The van der Waals surface area contributed by atoms with Gasteiger partial charge < -0.3 is 24.0 Å². The Morgan fingerprint density at radius 2 is 1.27 bits per heavy atom. The van der Waals surface area contributed by atoms with E-state index in [9.17, 15) is 0 Å². The maximum atomic E-state index is 5.68. The van der Waals surface area contributed by atoms with Gasteiger partial charge in [-0.15, -0.1) is 0 Å². The van der Waals surface area contributed by atoms with E-state index in [2.05, 4.69) is 60.3 Å². The van der Waals surface area contributed by atoms with Crippen LogP contribution < -0.4 is 9.47 Å². The van der Waals surface area contributed by atoms with Crippen molar-refractivity contribution in [1.82, 2.24) is 9.80 Å². The molecule has 5 rings (SSSR count). The van der Waals surface area contributed by atoms with Gasteiger partial charge in [-0.3, -0.25) is 0 Å². The lowest BCUT2D eigenvalue weighted by atomic mass is 9.84. The highest BCUT2D eigenvalue weighted by Gasteiger charge is 2.40. The summed E-state index contributed by atoms with van der Waals surface area (Å²) in [5.74, 6) is 2.12. The van der Waals surface area contributed by atoms with E-state index in [1.807, 2.05) is 0 Å². The molecular formula is C25H32N2O3. The van der Waals surface area contributed by atoms with Gasteiger partial charge >= 0.3 is 0 Å². The summed E-state index contributed by atoms with van der Waals surface area (Å²) in [6.45, 7) is 7.34. The molecular weight excluding hydrogens is 376 g/mol. The second kappa shape index (κ2) is 8.22. The molecule has 0 atom stereocenters. The average molecular weight is 409 g/mol. The Morgan fingerprint density at radius 3 is 1.70 bits per heavy atom. The number of benzene rings is 2. The van der Waals surface area contributed by atoms with E-state index in [1.165, 1.54) is 22.3 Å². The summed E-state index contributed by atoms with van der Waals surface area (Å²) < 4.78 is 17.0. The third kappa shape index (κ3) is 4.20. The molecule has 1 fully saturated rings. The van der Waals surface area contributed by atoms with Crippen molar-refractivity contribution in [3.63, 3.8) is 0 Å². The summed E-state index contributed by atoms with van der Waals surface area (Å²) in [7, 11) is 4.45. The molecule has 2 aromatic carbocycles. The summed E-state index contributed by atoms with van der Waals surface area (Å²) in [5.41, 5.74) is 5.64. The Morgan fingerprint density at radius 1 is 0.767 bits per heavy atom. The first kappa shape index (κ1) is 19.9. The minimum absolute atomic E-state index is 0.211. The van der Waals surface area contributed by atoms with Crippen molar-refractivity contribution in [2.45, 2.75) is 25.9 Å². The van der Waals surface area contributed by atoms with E-state index in [-0.39, 0.29) is 5.41 Å². The highest BCUT2D eigenvalue weighted by atomic mass is 16.5. The fourth-order valence-corrected chi connectivity index (χ4v) is 5.18. The number of hydrogen-bond acceptors (Lipinski definition) is 5. The van der Waals surface area contributed by atoms with Crippen molar-refractivity contribution in [3.8, 4) is 11.5 Å². The van der Waals surface area contributed by atoms with Gasteiger partial charge in [-0.2, -0.15) is 0 Å². The Hall–Kier alpha value is -2.08. The van der Waals surface area contributed by atoms with Gasteiger partial charge in [0.25, 0.3) is 0 Å². The van der Waals surface area contributed by atoms with E-state index in [0.717, 1.165) is 76.9 Å². The zero-order valence-corrected chi connectivity index (χ0v) is 18.2. The Kier molecular flexibility index (Phi) is 5.44. The van der Waals surface area contributed by atoms with Gasteiger partial charge in [0.05, 0.1) is 26.4 Å². The van der Waals surface area contributed by atoms with Gasteiger partial charge in [0.1, 0.15) is 11.5 Å². The van der Waals surface area contributed by atoms with Crippen molar-refractivity contribution < 1.29 is 14.2 Å². The predicted octanol–water partition coefficient (Wildman–Crippen LogP) is 3.14. The zero-order valence-electron chi connectivity index (χ0n) is 18.2. The van der Waals surface area contributed by atoms with Crippen molar-refractivity contribution in [2.75, 3.05) is 53.6 Å². The standard InChI is InChI=1S/C25H32N2O3/c1-26(13-19-3-5-23-21(11-19)7-9-29-23)15-25(17-28-18-25)16-27(2)14-20-4-6-24-22(12-20)8-10-30-24/h3-6,11-12H,7-10,13-18H2,1-2H3. The fourth-order valence-electron chi connectivity index (χ4n) is 5.18. The first-order chi connectivity index (χ1) is 14.6. The molecule has 5 heteroatoms. The molecule has 160 valence electrons. The van der Waals surface area contributed by atoms with Crippen molar-refractivity contribution in [1.29, 1.82) is 0 Å². The Bertz CT molecular complexity index is 840. The Balaban J connectivity index is 1.18. The van der Waals surface area contributed by atoms with Crippen molar-refractivity contribution >= 4 is 0 Å². The molecule has 0 unspecified atom stereocenters. The molecule has 0 radical (unpaired) electrons. The van der Waals surface area contributed by atoms with Crippen molar-refractivity contribution in [3.05, 3.63) is 58.7 Å². The third-order valence-corrected chi connectivity index (χ3v) is 6.44. The van der Waals surface area contributed by atoms with Crippen LogP contribution in [0, 0.1) is 5.41 Å². The highest BCUT2D eigenvalue weighted by molar-refractivity contribution is 5.40. The molecule has 5 nitrogen and oxygen atoms in total. The summed E-state index contributed by atoms with van der Waals surface area (Å²) >= 11 is 0. The maximum absolute atomic E-state index is 5.68. The molecule has 0 aromatic heterocycles. The lowest BCUT2D eigenvalue weighted by Gasteiger charge is -2.46. The topological polar surface area (TPSA) is 34.2 Å². The highest BCUT2D eigenvalue weighted by Crippen LogP contribution is 2.32. The normalized spacial score (nSPS) is 18.7. The average Bonchev–Trinajstić information content (AvgIpc) is 3.34. The fraction of sp³-hybridized carbons (Fsp3) is 0.520.